The van der Waals surface area contributed by atoms with Gasteiger partial charge in [-0.15, -0.1) is 0 Å². The fraction of sp³-hybridized carbons (Fsp3) is 0.333. The van der Waals surface area contributed by atoms with Crippen LogP contribution in [0, 0.1) is 0 Å². The highest BCUT2D eigenvalue weighted by molar-refractivity contribution is 7.92. The van der Waals surface area contributed by atoms with Crippen LogP contribution >= 0.6 is 0 Å². The molecule has 2 amide bonds. The number of nitrogens with one attached hydrogen (secondary N) is 2. The summed E-state index contributed by atoms with van der Waals surface area (Å²) in [5, 5.41) is 5.15. The lowest BCUT2D eigenvalue weighted by Gasteiger charge is -2.15. The standard InChI is InChI=1S/C21H26N2O4S/c1-5-20(24)23-18-10-6-16(7-11-18)15(4)22-21(25)17-8-12-19(13-9-17)28(26,27)14(2)3/h6-15H,5H2,1-4H3,(H,22,25)(H,23,24). The van der Waals surface area contributed by atoms with Crippen molar-refractivity contribution in [3.8, 4) is 0 Å². The number of hydrogen-bond acceptors (Lipinski definition) is 4. The molecule has 0 aliphatic rings. The van der Waals surface area contributed by atoms with E-state index in [9.17, 15) is 18.0 Å². The second-order valence-corrected chi connectivity index (χ2v) is 9.34. The third-order valence-corrected chi connectivity index (χ3v) is 6.60. The molecule has 0 radical (unpaired) electrons. The van der Waals surface area contributed by atoms with Gasteiger partial charge in [-0.2, -0.15) is 0 Å². The Hall–Kier alpha value is -2.67. The molecule has 6 nitrogen and oxygen atoms in total. The van der Waals surface area contributed by atoms with E-state index in [1.165, 1.54) is 24.3 Å². The van der Waals surface area contributed by atoms with Crippen LogP contribution in [0.3, 0.4) is 0 Å². The summed E-state index contributed by atoms with van der Waals surface area (Å²) in [6, 6.07) is 13.0. The molecule has 2 rings (SSSR count). The normalized spacial score (nSPS) is 12.5. The van der Waals surface area contributed by atoms with Crippen molar-refractivity contribution in [2.75, 3.05) is 5.32 Å². The van der Waals surface area contributed by atoms with E-state index in [4.69, 9.17) is 0 Å². The molecule has 7 heteroatoms. The monoisotopic (exact) mass is 402 g/mol. The molecular weight excluding hydrogens is 376 g/mol. The first-order valence-corrected chi connectivity index (χ1v) is 10.7. The Morgan fingerprint density at radius 2 is 1.50 bits per heavy atom. The Morgan fingerprint density at radius 1 is 0.929 bits per heavy atom. The molecule has 28 heavy (non-hydrogen) atoms. The maximum atomic E-state index is 12.5. The minimum absolute atomic E-state index is 0.0583. The first kappa shape index (κ1) is 21.6. The maximum absolute atomic E-state index is 12.5. The molecule has 0 heterocycles. The first-order valence-electron chi connectivity index (χ1n) is 9.19. The van der Waals surface area contributed by atoms with Crippen molar-refractivity contribution < 1.29 is 18.0 Å². The summed E-state index contributed by atoms with van der Waals surface area (Å²) in [5.74, 6) is -0.346. The second kappa shape index (κ2) is 9.01. The van der Waals surface area contributed by atoms with Crippen LogP contribution in [0.25, 0.3) is 0 Å². The van der Waals surface area contributed by atoms with E-state index in [0.717, 1.165) is 5.56 Å². The zero-order valence-electron chi connectivity index (χ0n) is 16.5. The lowest BCUT2D eigenvalue weighted by Crippen LogP contribution is -2.26. The Labute approximate surface area is 166 Å². The summed E-state index contributed by atoms with van der Waals surface area (Å²) in [7, 11) is -3.36. The van der Waals surface area contributed by atoms with Gasteiger partial charge in [-0.3, -0.25) is 9.59 Å². The van der Waals surface area contributed by atoms with Gasteiger partial charge in [0.1, 0.15) is 0 Å². The Bertz CT molecular complexity index is 933. The molecule has 0 bridgehead atoms. The highest BCUT2D eigenvalue weighted by atomic mass is 32.2. The number of amides is 2. The molecule has 0 saturated carbocycles. The largest absolute Gasteiger partial charge is 0.346 e. The van der Waals surface area contributed by atoms with E-state index < -0.39 is 15.1 Å². The summed E-state index contributed by atoms with van der Waals surface area (Å²) in [5.41, 5.74) is 1.99. The van der Waals surface area contributed by atoms with Crippen LogP contribution in [-0.4, -0.2) is 25.5 Å². The molecule has 0 aliphatic carbocycles. The van der Waals surface area contributed by atoms with Crippen molar-refractivity contribution >= 4 is 27.3 Å². The molecule has 2 aromatic rings. The van der Waals surface area contributed by atoms with E-state index in [1.54, 1.807) is 32.9 Å². The minimum Gasteiger partial charge on any atom is -0.346 e. The average Bonchev–Trinajstić information content (AvgIpc) is 2.68. The number of hydrogen-bond donors (Lipinski definition) is 2. The van der Waals surface area contributed by atoms with Crippen LogP contribution in [0.1, 0.15) is 56.1 Å². The predicted molar refractivity (Wildman–Crippen MR) is 110 cm³/mol. The fourth-order valence-corrected chi connectivity index (χ4v) is 3.60. The summed E-state index contributed by atoms with van der Waals surface area (Å²) in [4.78, 5) is 24.1. The maximum Gasteiger partial charge on any atom is 0.251 e. The zero-order valence-corrected chi connectivity index (χ0v) is 17.3. The third-order valence-electron chi connectivity index (χ3n) is 4.43. The summed E-state index contributed by atoms with van der Waals surface area (Å²) in [6.07, 6.45) is 0.408. The van der Waals surface area contributed by atoms with E-state index in [2.05, 4.69) is 10.6 Å². The topological polar surface area (TPSA) is 92.3 Å². The molecule has 0 saturated heterocycles. The van der Waals surface area contributed by atoms with Crippen LogP contribution in [0.2, 0.25) is 0 Å². The molecule has 2 aromatic carbocycles. The van der Waals surface area contributed by atoms with Crippen LogP contribution in [-0.2, 0) is 14.6 Å². The van der Waals surface area contributed by atoms with Gasteiger partial charge in [0.15, 0.2) is 9.84 Å². The van der Waals surface area contributed by atoms with Gasteiger partial charge in [0.25, 0.3) is 5.91 Å². The Morgan fingerprint density at radius 3 is 2.00 bits per heavy atom. The molecule has 1 unspecified atom stereocenters. The summed E-state index contributed by atoms with van der Waals surface area (Å²) >= 11 is 0. The summed E-state index contributed by atoms with van der Waals surface area (Å²) in [6.45, 7) is 6.88. The quantitative estimate of drug-likeness (QED) is 0.738. The molecular formula is C21H26N2O4S. The van der Waals surface area contributed by atoms with Gasteiger partial charge >= 0.3 is 0 Å². The first-order chi connectivity index (χ1) is 13.1. The van der Waals surface area contributed by atoms with Crippen molar-refractivity contribution in [2.45, 2.75) is 50.3 Å². The molecule has 0 aromatic heterocycles. The van der Waals surface area contributed by atoms with Gasteiger partial charge in [-0.1, -0.05) is 19.1 Å². The third kappa shape index (κ3) is 5.19. The predicted octanol–water partition coefficient (Wildman–Crippen LogP) is 3.71. The SMILES string of the molecule is CCC(=O)Nc1ccc(C(C)NC(=O)c2ccc(S(=O)(=O)C(C)C)cc2)cc1. The smallest absolute Gasteiger partial charge is 0.251 e. The average molecular weight is 403 g/mol. The number of rotatable bonds is 7. The number of benzene rings is 2. The van der Waals surface area contributed by atoms with Gasteiger partial charge in [0.05, 0.1) is 16.2 Å². The highest BCUT2D eigenvalue weighted by Gasteiger charge is 2.19. The fourth-order valence-electron chi connectivity index (χ4n) is 2.54. The second-order valence-electron chi connectivity index (χ2n) is 6.84. The minimum atomic E-state index is -3.36. The van der Waals surface area contributed by atoms with E-state index in [0.29, 0.717) is 17.7 Å². The highest BCUT2D eigenvalue weighted by Crippen LogP contribution is 2.19. The lowest BCUT2D eigenvalue weighted by atomic mass is 10.1. The van der Waals surface area contributed by atoms with Gasteiger partial charge in [-0.25, -0.2) is 8.42 Å². The van der Waals surface area contributed by atoms with Gasteiger partial charge in [0.2, 0.25) is 5.91 Å². The number of carbonyl (C=O) groups excluding carboxylic acids is 2. The number of anilines is 1. The Balaban J connectivity index is 2.05. The van der Waals surface area contributed by atoms with Crippen LogP contribution < -0.4 is 10.6 Å². The van der Waals surface area contributed by atoms with Crippen molar-refractivity contribution in [1.82, 2.24) is 5.32 Å². The molecule has 0 spiro atoms. The van der Waals surface area contributed by atoms with Gasteiger partial charge in [0, 0.05) is 17.7 Å². The molecule has 0 fully saturated rings. The number of sulfone groups is 1. The lowest BCUT2D eigenvalue weighted by molar-refractivity contribution is -0.115. The van der Waals surface area contributed by atoms with Crippen LogP contribution in [0.15, 0.2) is 53.4 Å². The van der Waals surface area contributed by atoms with Crippen molar-refractivity contribution in [3.05, 3.63) is 59.7 Å². The van der Waals surface area contributed by atoms with E-state index >= 15 is 0 Å². The van der Waals surface area contributed by atoms with Crippen molar-refractivity contribution in [1.29, 1.82) is 0 Å². The molecule has 2 N–H and O–H groups in total. The van der Waals surface area contributed by atoms with Gasteiger partial charge < -0.3 is 10.6 Å². The number of carbonyl (C=O) groups is 2. The van der Waals surface area contributed by atoms with Crippen LogP contribution in [0.4, 0.5) is 5.69 Å². The molecule has 0 aliphatic heterocycles. The Kier molecular flexibility index (Phi) is 6.96. The summed E-state index contributed by atoms with van der Waals surface area (Å²) < 4.78 is 24.3. The zero-order chi connectivity index (χ0) is 20.9. The van der Waals surface area contributed by atoms with Crippen molar-refractivity contribution in [2.24, 2.45) is 0 Å². The molecule has 1 atom stereocenters. The van der Waals surface area contributed by atoms with E-state index in [1.807, 2.05) is 19.1 Å². The molecule has 150 valence electrons. The van der Waals surface area contributed by atoms with Crippen molar-refractivity contribution in [3.63, 3.8) is 0 Å². The van der Waals surface area contributed by atoms with E-state index in [-0.39, 0.29) is 22.8 Å². The van der Waals surface area contributed by atoms with Gasteiger partial charge in [-0.05, 0) is 62.7 Å². The van der Waals surface area contributed by atoms with Crippen LogP contribution in [0.5, 0.6) is 0 Å².